The van der Waals surface area contributed by atoms with Crippen molar-refractivity contribution >= 4 is 5.82 Å². The van der Waals surface area contributed by atoms with E-state index < -0.39 is 0 Å². The highest BCUT2D eigenvalue weighted by molar-refractivity contribution is 5.39. The van der Waals surface area contributed by atoms with Crippen LogP contribution < -0.4 is 10.6 Å². The fourth-order valence-corrected chi connectivity index (χ4v) is 1.92. The quantitative estimate of drug-likeness (QED) is 0.889. The Morgan fingerprint density at radius 2 is 1.84 bits per heavy atom. The van der Waals surface area contributed by atoms with E-state index in [0.717, 1.165) is 30.3 Å². The van der Waals surface area contributed by atoms with Crippen molar-refractivity contribution in [3.05, 3.63) is 53.5 Å². The molecule has 19 heavy (non-hydrogen) atoms. The molecule has 1 aromatic heterocycles. The van der Waals surface area contributed by atoms with Crippen LogP contribution in [0.25, 0.3) is 0 Å². The van der Waals surface area contributed by atoms with Crippen LogP contribution in [0.3, 0.4) is 0 Å². The Morgan fingerprint density at radius 3 is 2.47 bits per heavy atom. The number of aromatic nitrogens is 2. The second kappa shape index (κ2) is 6.29. The Kier molecular flexibility index (Phi) is 4.47. The highest BCUT2D eigenvalue weighted by Gasteiger charge is 2.09. The molecule has 2 aromatic rings. The maximum atomic E-state index is 5.70. The van der Waals surface area contributed by atoms with Gasteiger partial charge in [0.25, 0.3) is 0 Å². The Labute approximate surface area is 114 Å². The lowest BCUT2D eigenvalue weighted by Gasteiger charge is -2.23. The fourth-order valence-electron chi connectivity index (χ4n) is 1.92. The van der Waals surface area contributed by atoms with Gasteiger partial charge in [-0.1, -0.05) is 30.3 Å². The topological polar surface area (TPSA) is 55.0 Å². The molecule has 0 aliphatic carbocycles. The second-order valence-electron chi connectivity index (χ2n) is 4.59. The van der Waals surface area contributed by atoms with Crippen LogP contribution in [0.4, 0.5) is 5.82 Å². The zero-order valence-corrected chi connectivity index (χ0v) is 11.5. The van der Waals surface area contributed by atoms with Crippen molar-refractivity contribution in [1.29, 1.82) is 0 Å². The highest BCUT2D eigenvalue weighted by Crippen LogP contribution is 2.14. The molecule has 0 radical (unpaired) electrons. The lowest BCUT2D eigenvalue weighted by molar-refractivity contribution is 0.767. The summed E-state index contributed by atoms with van der Waals surface area (Å²) in [5.74, 6) is 0.886. The van der Waals surface area contributed by atoms with Crippen LogP contribution in [0.1, 0.15) is 17.0 Å². The van der Waals surface area contributed by atoms with E-state index in [1.54, 1.807) is 0 Å². The molecule has 2 rings (SSSR count). The SMILES string of the molecule is Cc1ncc(N(CCN)Cc2ccccc2)nc1C. The summed E-state index contributed by atoms with van der Waals surface area (Å²) in [6.45, 7) is 6.12. The minimum atomic E-state index is 0.599. The van der Waals surface area contributed by atoms with Crippen molar-refractivity contribution in [1.82, 2.24) is 9.97 Å². The van der Waals surface area contributed by atoms with Crippen LogP contribution in [0.5, 0.6) is 0 Å². The summed E-state index contributed by atoms with van der Waals surface area (Å²) in [6.07, 6.45) is 1.82. The second-order valence-corrected chi connectivity index (χ2v) is 4.59. The molecule has 1 aromatic carbocycles. The minimum absolute atomic E-state index is 0.599. The molecule has 0 bridgehead atoms. The first-order valence-electron chi connectivity index (χ1n) is 6.50. The summed E-state index contributed by atoms with van der Waals surface area (Å²) >= 11 is 0. The van der Waals surface area contributed by atoms with Crippen LogP contribution in [0.2, 0.25) is 0 Å². The molecule has 0 saturated carbocycles. The average molecular weight is 256 g/mol. The summed E-state index contributed by atoms with van der Waals surface area (Å²) < 4.78 is 0. The number of anilines is 1. The maximum Gasteiger partial charge on any atom is 0.147 e. The molecule has 0 spiro atoms. The van der Waals surface area contributed by atoms with Gasteiger partial charge < -0.3 is 10.6 Å². The van der Waals surface area contributed by atoms with E-state index in [4.69, 9.17) is 5.73 Å². The Balaban J connectivity index is 2.21. The predicted octanol–water partition coefficient (Wildman–Crippen LogP) is 2.06. The van der Waals surface area contributed by atoms with Crippen LogP contribution in [0.15, 0.2) is 36.5 Å². The van der Waals surface area contributed by atoms with Crippen molar-refractivity contribution in [2.75, 3.05) is 18.0 Å². The summed E-state index contributed by atoms with van der Waals surface area (Å²) in [6, 6.07) is 10.3. The number of rotatable bonds is 5. The molecular formula is C15H20N4. The van der Waals surface area contributed by atoms with Crippen molar-refractivity contribution in [3.63, 3.8) is 0 Å². The number of nitrogens with zero attached hydrogens (tertiary/aromatic N) is 3. The van der Waals surface area contributed by atoms with E-state index in [9.17, 15) is 0 Å². The van der Waals surface area contributed by atoms with Crippen molar-refractivity contribution < 1.29 is 0 Å². The number of hydrogen-bond donors (Lipinski definition) is 1. The number of aryl methyl sites for hydroxylation is 2. The molecule has 0 atom stereocenters. The molecule has 2 N–H and O–H groups in total. The highest BCUT2D eigenvalue weighted by atomic mass is 15.2. The van der Waals surface area contributed by atoms with Crippen molar-refractivity contribution in [2.45, 2.75) is 20.4 Å². The monoisotopic (exact) mass is 256 g/mol. The Bertz CT molecular complexity index is 525. The third kappa shape index (κ3) is 3.51. The molecule has 100 valence electrons. The largest absolute Gasteiger partial charge is 0.350 e. The van der Waals surface area contributed by atoms with Gasteiger partial charge in [0.05, 0.1) is 17.6 Å². The van der Waals surface area contributed by atoms with E-state index in [0.29, 0.717) is 6.54 Å². The van der Waals surface area contributed by atoms with Gasteiger partial charge in [-0.15, -0.1) is 0 Å². The molecular weight excluding hydrogens is 236 g/mol. The van der Waals surface area contributed by atoms with Crippen molar-refractivity contribution in [2.24, 2.45) is 5.73 Å². The van der Waals surface area contributed by atoms with E-state index in [1.807, 2.05) is 38.2 Å². The molecule has 0 saturated heterocycles. The van der Waals surface area contributed by atoms with Gasteiger partial charge in [-0.05, 0) is 19.4 Å². The molecule has 0 fully saturated rings. The van der Waals surface area contributed by atoms with Crippen LogP contribution in [-0.4, -0.2) is 23.1 Å². The summed E-state index contributed by atoms with van der Waals surface area (Å²) in [7, 11) is 0. The van der Waals surface area contributed by atoms with Gasteiger partial charge in [0.2, 0.25) is 0 Å². The number of hydrogen-bond acceptors (Lipinski definition) is 4. The maximum absolute atomic E-state index is 5.70. The molecule has 0 unspecified atom stereocenters. The molecule has 0 aliphatic heterocycles. The zero-order chi connectivity index (χ0) is 13.7. The van der Waals surface area contributed by atoms with Crippen LogP contribution >= 0.6 is 0 Å². The summed E-state index contributed by atoms with van der Waals surface area (Å²) in [4.78, 5) is 11.1. The van der Waals surface area contributed by atoms with Gasteiger partial charge in [0, 0.05) is 19.6 Å². The van der Waals surface area contributed by atoms with Gasteiger partial charge in [-0.2, -0.15) is 0 Å². The smallest absolute Gasteiger partial charge is 0.147 e. The van der Waals surface area contributed by atoms with Gasteiger partial charge >= 0.3 is 0 Å². The Hall–Kier alpha value is -1.94. The average Bonchev–Trinajstić information content (AvgIpc) is 2.43. The van der Waals surface area contributed by atoms with Crippen molar-refractivity contribution in [3.8, 4) is 0 Å². The molecule has 4 heteroatoms. The van der Waals surface area contributed by atoms with E-state index in [2.05, 4.69) is 27.0 Å². The normalized spacial score (nSPS) is 10.5. The first-order valence-corrected chi connectivity index (χ1v) is 6.50. The zero-order valence-electron chi connectivity index (χ0n) is 11.5. The van der Waals surface area contributed by atoms with E-state index in [-0.39, 0.29) is 0 Å². The summed E-state index contributed by atoms with van der Waals surface area (Å²) in [5.41, 5.74) is 8.88. The minimum Gasteiger partial charge on any atom is -0.350 e. The predicted molar refractivity (Wildman–Crippen MR) is 78.1 cm³/mol. The third-order valence-electron chi connectivity index (χ3n) is 3.12. The van der Waals surface area contributed by atoms with Gasteiger partial charge in [0.1, 0.15) is 5.82 Å². The molecule has 0 amide bonds. The van der Waals surface area contributed by atoms with Gasteiger partial charge in [0.15, 0.2) is 0 Å². The third-order valence-corrected chi connectivity index (χ3v) is 3.12. The van der Waals surface area contributed by atoms with Gasteiger partial charge in [-0.3, -0.25) is 4.98 Å². The molecule has 0 aliphatic rings. The lowest BCUT2D eigenvalue weighted by Crippen LogP contribution is -2.30. The first-order chi connectivity index (χ1) is 9.20. The van der Waals surface area contributed by atoms with Gasteiger partial charge in [-0.25, -0.2) is 4.98 Å². The number of nitrogens with two attached hydrogens (primary N) is 1. The first kappa shape index (κ1) is 13.5. The fraction of sp³-hybridized carbons (Fsp3) is 0.333. The number of benzene rings is 1. The van der Waals surface area contributed by atoms with E-state index in [1.165, 1.54) is 5.56 Å². The van der Waals surface area contributed by atoms with Crippen LogP contribution in [0, 0.1) is 13.8 Å². The van der Waals surface area contributed by atoms with Crippen LogP contribution in [-0.2, 0) is 6.54 Å². The molecule has 4 nitrogen and oxygen atoms in total. The standard InChI is InChI=1S/C15H20N4/c1-12-13(2)18-15(10-17-12)19(9-8-16)11-14-6-4-3-5-7-14/h3-7,10H,8-9,11,16H2,1-2H3. The summed E-state index contributed by atoms with van der Waals surface area (Å²) in [5, 5.41) is 0. The Morgan fingerprint density at radius 1 is 1.11 bits per heavy atom. The lowest BCUT2D eigenvalue weighted by atomic mass is 10.2. The van der Waals surface area contributed by atoms with E-state index >= 15 is 0 Å². The molecule has 1 heterocycles.